The van der Waals surface area contributed by atoms with Crippen molar-refractivity contribution >= 4 is 32.3 Å². The number of hydrogen-bond acceptors (Lipinski definition) is 4. The van der Waals surface area contributed by atoms with Gasteiger partial charge in [-0.15, -0.1) is 0 Å². The van der Waals surface area contributed by atoms with Gasteiger partial charge in [-0.05, 0) is 36.8 Å². The summed E-state index contributed by atoms with van der Waals surface area (Å²) in [7, 11) is -3.26. The summed E-state index contributed by atoms with van der Waals surface area (Å²) < 4.78 is 25.0. The second kappa shape index (κ2) is 6.49. The summed E-state index contributed by atoms with van der Waals surface area (Å²) in [5.74, 6) is 0. The van der Waals surface area contributed by atoms with Gasteiger partial charge >= 0.3 is 0 Å². The minimum Gasteiger partial charge on any atom is -0.377 e. The zero-order valence-corrected chi connectivity index (χ0v) is 14.3. The minimum absolute atomic E-state index is 0.0601. The van der Waals surface area contributed by atoms with E-state index in [0.29, 0.717) is 5.69 Å². The lowest BCUT2D eigenvalue weighted by molar-refractivity contribution is 0.607. The first kappa shape index (κ1) is 16.3. The zero-order valence-electron chi connectivity index (χ0n) is 13.5. The summed E-state index contributed by atoms with van der Waals surface area (Å²) >= 11 is 0. The Balaban J connectivity index is 1.80. The molecular weight excluding hydrogens is 322 g/mol. The number of pyridine rings is 1. The number of nitrogens with zero attached hydrogens (tertiary/aromatic N) is 1. The van der Waals surface area contributed by atoms with Crippen molar-refractivity contribution < 1.29 is 8.42 Å². The first-order valence-corrected chi connectivity index (χ1v) is 9.49. The molecule has 0 saturated carbocycles. The van der Waals surface area contributed by atoms with Gasteiger partial charge in [0.25, 0.3) is 0 Å². The summed E-state index contributed by atoms with van der Waals surface area (Å²) in [6.45, 7) is 2.06. The average molecular weight is 341 g/mol. The molecule has 0 spiro atoms. The molecule has 2 N–H and O–H groups in total. The maximum atomic E-state index is 11.3. The first-order chi connectivity index (χ1) is 11.4. The molecule has 1 aromatic heterocycles. The molecule has 124 valence electrons. The maximum Gasteiger partial charge on any atom is 0.229 e. The SMILES string of the molecule is C[C@H](Nc1cccc2cccnc12)c1ccc(NS(C)(=O)=O)cc1. The highest BCUT2D eigenvalue weighted by Crippen LogP contribution is 2.26. The van der Waals surface area contributed by atoms with Crippen molar-refractivity contribution in [2.45, 2.75) is 13.0 Å². The Morgan fingerprint density at radius 1 is 1.00 bits per heavy atom. The van der Waals surface area contributed by atoms with Gasteiger partial charge in [0.15, 0.2) is 0 Å². The van der Waals surface area contributed by atoms with Crippen molar-refractivity contribution in [3.63, 3.8) is 0 Å². The van der Waals surface area contributed by atoms with Gasteiger partial charge in [0.1, 0.15) is 0 Å². The van der Waals surface area contributed by atoms with Gasteiger partial charge in [-0.2, -0.15) is 0 Å². The molecule has 0 saturated heterocycles. The lowest BCUT2D eigenvalue weighted by Gasteiger charge is -2.17. The molecule has 0 unspecified atom stereocenters. The molecule has 3 rings (SSSR count). The van der Waals surface area contributed by atoms with Crippen LogP contribution in [-0.2, 0) is 10.0 Å². The van der Waals surface area contributed by atoms with Gasteiger partial charge in [-0.25, -0.2) is 8.42 Å². The van der Waals surface area contributed by atoms with Crippen LogP contribution < -0.4 is 10.0 Å². The van der Waals surface area contributed by atoms with Crippen LogP contribution in [0.3, 0.4) is 0 Å². The van der Waals surface area contributed by atoms with E-state index in [2.05, 4.69) is 21.9 Å². The number of aromatic nitrogens is 1. The number of para-hydroxylation sites is 1. The molecule has 0 aliphatic carbocycles. The third-order valence-electron chi connectivity index (χ3n) is 3.72. The number of rotatable bonds is 5. The van der Waals surface area contributed by atoms with Gasteiger partial charge in [-0.3, -0.25) is 9.71 Å². The van der Waals surface area contributed by atoms with Crippen molar-refractivity contribution in [3.8, 4) is 0 Å². The highest BCUT2D eigenvalue weighted by molar-refractivity contribution is 7.92. The monoisotopic (exact) mass is 341 g/mol. The summed E-state index contributed by atoms with van der Waals surface area (Å²) in [5, 5.41) is 4.55. The largest absolute Gasteiger partial charge is 0.377 e. The van der Waals surface area contributed by atoms with Gasteiger partial charge in [0.05, 0.1) is 17.5 Å². The first-order valence-electron chi connectivity index (χ1n) is 7.60. The fraction of sp³-hybridized carbons (Fsp3) is 0.167. The standard InChI is InChI=1S/C18H19N3O2S/c1-13(14-8-10-16(11-9-14)21-24(2,22)23)20-17-7-3-5-15-6-4-12-19-18(15)17/h3-13,20-21H,1-2H3/t13-/m0/s1. The minimum atomic E-state index is -3.26. The molecule has 0 radical (unpaired) electrons. The van der Waals surface area contributed by atoms with Crippen LogP contribution >= 0.6 is 0 Å². The number of hydrogen-bond donors (Lipinski definition) is 2. The number of sulfonamides is 1. The molecule has 3 aromatic rings. The van der Waals surface area contributed by atoms with Crippen LogP contribution in [0.25, 0.3) is 10.9 Å². The van der Waals surface area contributed by atoms with Gasteiger partial charge in [0, 0.05) is 23.3 Å². The number of anilines is 2. The molecule has 2 aromatic carbocycles. The molecule has 0 aliphatic heterocycles. The fourth-order valence-corrected chi connectivity index (χ4v) is 3.16. The molecule has 1 heterocycles. The van der Waals surface area contributed by atoms with Crippen molar-refractivity contribution in [2.75, 3.05) is 16.3 Å². The Morgan fingerprint density at radius 3 is 2.42 bits per heavy atom. The topological polar surface area (TPSA) is 71.1 Å². The average Bonchev–Trinajstić information content (AvgIpc) is 2.54. The van der Waals surface area contributed by atoms with Crippen LogP contribution in [-0.4, -0.2) is 19.7 Å². The second-order valence-electron chi connectivity index (χ2n) is 5.74. The van der Waals surface area contributed by atoms with E-state index in [1.165, 1.54) is 0 Å². The molecule has 6 heteroatoms. The Kier molecular flexibility index (Phi) is 4.40. The van der Waals surface area contributed by atoms with Crippen molar-refractivity contribution in [3.05, 3.63) is 66.4 Å². The summed E-state index contributed by atoms with van der Waals surface area (Å²) in [6.07, 6.45) is 2.92. The van der Waals surface area contributed by atoms with Crippen LogP contribution in [0.2, 0.25) is 0 Å². The number of benzene rings is 2. The van der Waals surface area contributed by atoms with Crippen LogP contribution in [0.15, 0.2) is 60.8 Å². The highest BCUT2D eigenvalue weighted by atomic mass is 32.2. The highest BCUT2D eigenvalue weighted by Gasteiger charge is 2.09. The van der Waals surface area contributed by atoms with Gasteiger partial charge in [-0.1, -0.05) is 30.3 Å². The van der Waals surface area contributed by atoms with E-state index >= 15 is 0 Å². The maximum absolute atomic E-state index is 11.3. The third kappa shape index (κ3) is 3.83. The van der Waals surface area contributed by atoms with Crippen molar-refractivity contribution in [1.82, 2.24) is 4.98 Å². The van der Waals surface area contributed by atoms with Crippen molar-refractivity contribution in [1.29, 1.82) is 0 Å². The van der Waals surface area contributed by atoms with Gasteiger partial charge < -0.3 is 5.32 Å². The summed E-state index contributed by atoms with van der Waals surface area (Å²) in [6, 6.07) is 17.4. The lowest BCUT2D eigenvalue weighted by atomic mass is 10.1. The van der Waals surface area contributed by atoms with Crippen LogP contribution in [0, 0.1) is 0 Å². The molecule has 0 amide bonds. The molecule has 24 heavy (non-hydrogen) atoms. The molecule has 0 fully saturated rings. The van der Waals surface area contributed by atoms with E-state index in [9.17, 15) is 8.42 Å². The predicted octanol–water partition coefficient (Wildman–Crippen LogP) is 3.78. The Labute approximate surface area is 141 Å². The predicted molar refractivity (Wildman–Crippen MR) is 98.7 cm³/mol. The Morgan fingerprint density at radius 2 is 1.71 bits per heavy atom. The normalized spacial score (nSPS) is 12.8. The molecule has 5 nitrogen and oxygen atoms in total. The van der Waals surface area contributed by atoms with E-state index in [1.807, 2.05) is 42.5 Å². The zero-order chi connectivity index (χ0) is 17.2. The molecule has 0 bridgehead atoms. The Hall–Kier alpha value is -2.60. The van der Waals surface area contributed by atoms with Crippen molar-refractivity contribution in [2.24, 2.45) is 0 Å². The second-order valence-corrected chi connectivity index (χ2v) is 7.49. The smallest absolute Gasteiger partial charge is 0.229 e. The molecule has 1 atom stereocenters. The third-order valence-corrected chi connectivity index (χ3v) is 4.33. The van der Waals surface area contributed by atoms with E-state index in [0.717, 1.165) is 28.4 Å². The fourth-order valence-electron chi connectivity index (χ4n) is 2.59. The van der Waals surface area contributed by atoms with E-state index in [-0.39, 0.29) is 6.04 Å². The van der Waals surface area contributed by atoms with E-state index in [1.54, 1.807) is 18.3 Å². The van der Waals surface area contributed by atoms with Gasteiger partial charge in [0.2, 0.25) is 10.0 Å². The van der Waals surface area contributed by atoms with E-state index < -0.39 is 10.0 Å². The quantitative estimate of drug-likeness (QED) is 0.741. The van der Waals surface area contributed by atoms with Crippen LogP contribution in [0.4, 0.5) is 11.4 Å². The van der Waals surface area contributed by atoms with Crippen LogP contribution in [0.1, 0.15) is 18.5 Å². The lowest BCUT2D eigenvalue weighted by Crippen LogP contribution is -2.10. The Bertz CT molecular complexity index is 948. The van der Waals surface area contributed by atoms with E-state index in [4.69, 9.17) is 0 Å². The number of nitrogens with one attached hydrogen (secondary N) is 2. The summed E-state index contributed by atoms with van der Waals surface area (Å²) in [4.78, 5) is 4.44. The number of fused-ring (bicyclic) bond motifs is 1. The summed E-state index contributed by atoms with van der Waals surface area (Å²) in [5.41, 5.74) is 3.52. The van der Waals surface area contributed by atoms with Crippen LogP contribution in [0.5, 0.6) is 0 Å². The molecular formula is C18H19N3O2S. The molecule has 0 aliphatic rings.